The second-order valence-electron chi connectivity index (χ2n) is 5.38. The lowest BCUT2D eigenvalue weighted by Crippen LogP contribution is -2.44. The van der Waals surface area contributed by atoms with Gasteiger partial charge in [-0.25, -0.2) is 0 Å². The number of unbranched alkanes of at least 4 members (excludes halogenated alkanes) is 1. The molecule has 0 aromatic carbocycles. The number of nitrogens with one attached hydrogen (secondary N) is 1. The van der Waals surface area contributed by atoms with E-state index in [1.165, 1.54) is 32.4 Å². The standard InChI is InChI=1S/C14H30N2O/c1-3-8-15-13(2)14-7-6-10-16(12-14)9-4-5-11-17/h13-15,17H,3-12H2,1-2H3. The van der Waals surface area contributed by atoms with Crippen LogP contribution in [0.1, 0.15) is 46.0 Å². The summed E-state index contributed by atoms with van der Waals surface area (Å²) in [5.41, 5.74) is 0. The third-order valence-corrected chi connectivity index (χ3v) is 3.85. The van der Waals surface area contributed by atoms with Crippen LogP contribution in [0.4, 0.5) is 0 Å². The highest BCUT2D eigenvalue weighted by Crippen LogP contribution is 2.20. The van der Waals surface area contributed by atoms with Gasteiger partial charge in [-0.3, -0.25) is 0 Å². The molecule has 1 fully saturated rings. The molecule has 0 aromatic heterocycles. The molecule has 1 heterocycles. The fourth-order valence-corrected chi connectivity index (χ4v) is 2.69. The first-order valence-electron chi connectivity index (χ1n) is 7.34. The zero-order valence-corrected chi connectivity index (χ0v) is 11.6. The highest BCUT2D eigenvalue weighted by atomic mass is 16.2. The number of aliphatic hydroxyl groups excluding tert-OH is 1. The Hall–Kier alpha value is -0.120. The number of likely N-dealkylation sites (tertiary alicyclic amines) is 1. The summed E-state index contributed by atoms with van der Waals surface area (Å²) in [6.45, 7) is 9.69. The van der Waals surface area contributed by atoms with E-state index in [9.17, 15) is 0 Å². The van der Waals surface area contributed by atoms with Gasteiger partial charge in [-0.1, -0.05) is 6.92 Å². The van der Waals surface area contributed by atoms with Crippen LogP contribution >= 0.6 is 0 Å². The van der Waals surface area contributed by atoms with E-state index in [2.05, 4.69) is 24.1 Å². The molecule has 102 valence electrons. The summed E-state index contributed by atoms with van der Waals surface area (Å²) < 4.78 is 0. The summed E-state index contributed by atoms with van der Waals surface area (Å²) in [5, 5.41) is 12.4. The Morgan fingerprint density at radius 2 is 2.24 bits per heavy atom. The van der Waals surface area contributed by atoms with Crippen LogP contribution in [0, 0.1) is 5.92 Å². The lowest BCUT2D eigenvalue weighted by Gasteiger charge is -2.36. The van der Waals surface area contributed by atoms with Crippen LogP contribution < -0.4 is 5.32 Å². The highest BCUT2D eigenvalue weighted by molar-refractivity contribution is 4.80. The van der Waals surface area contributed by atoms with Crippen LogP contribution in [0.3, 0.4) is 0 Å². The van der Waals surface area contributed by atoms with Crippen LogP contribution in [0.2, 0.25) is 0 Å². The van der Waals surface area contributed by atoms with Crippen molar-refractivity contribution in [1.82, 2.24) is 10.2 Å². The van der Waals surface area contributed by atoms with E-state index in [-0.39, 0.29) is 0 Å². The molecular formula is C14H30N2O. The molecule has 3 nitrogen and oxygen atoms in total. The molecule has 0 aromatic rings. The molecule has 0 aliphatic carbocycles. The quantitative estimate of drug-likeness (QED) is 0.638. The van der Waals surface area contributed by atoms with Crippen LogP contribution in [-0.4, -0.2) is 48.8 Å². The predicted octanol–water partition coefficient (Wildman–Crippen LogP) is 1.86. The number of hydrogen-bond donors (Lipinski definition) is 2. The number of piperidine rings is 1. The fraction of sp³-hybridized carbons (Fsp3) is 1.00. The van der Waals surface area contributed by atoms with Crippen molar-refractivity contribution in [2.24, 2.45) is 5.92 Å². The van der Waals surface area contributed by atoms with Crippen molar-refractivity contribution >= 4 is 0 Å². The number of rotatable bonds is 8. The summed E-state index contributed by atoms with van der Waals surface area (Å²) in [4.78, 5) is 2.58. The molecule has 0 radical (unpaired) electrons. The first kappa shape index (κ1) is 14.9. The summed E-state index contributed by atoms with van der Waals surface area (Å²) in [6.07, 6.45) is 6.01. The number of nitrogens with zero attached hydrogens (tertiary/aromatic N) is 1. The Balaban J connectivity index is 2.22. The topological polar surface area (TPSA) is 35.5 Å². The molecule has 1 rings (SSSR count). The van der Waals surface area contributed by atoms with E-state index in [0.717, 1.165) is 31.8 Å². The van der Waals surface area contributed by atoms with Crippen molar-refractivity contribution in [3.8, 4) is 0 Å². The zero-order valence-electron chi connectivity index (χ0n) is 11.6. The summed E-state index contributed by atoms with van der Waals surface area (Å²) in [6, 6.07) is 0.649. The van der Waals surface area contributed by atoms with Gasteiger partial charge in [0.05, 0.1) is 0 Å². The minimum Gasteiger partial charge on any atom is -0.396 e. The average Bonchev–Trinajstić information content (AvgIpc) is 2.36. The Morgan fingerprint density at radius 1 is 1.41 bits per heavy atom. The maximum Gasteiger partial charge on any atom is 0.0431 e. The predicted molar refractivity (Wildman–Crippen MR) is 73.2 cm³/mol. The van der Waals surface area contributed by atoms with Gasteiger partial charge in [-0.2, -0.15) is 0 Å². The van der Waals surface area contributed by atoms with Gasteiger partial charge in [-0.15, -0.1) is 0 Å². The van der Waals surface area contributed by atoms with Crippen molar-refractivity contribution in [3.05, 3.63) is 0 Å². The Morgan fingerprint density at radius 3 is 2.94 bits per heavy atom. The largest absolute Gasteiger partial charge is 0.396 e. The molecule has 2 unspecified atom stereocenters. The maximum atomic E-state index is 8.80. The SMILES string of the molecule is CCCNC(C)C1CCCN(CCCCO)C1. The van der Waals surface area contributed by atoms with Gasteiger partial charge < -0.3 is 15.3 Å². The van der Waals surface area contributed by atoms with Gasteiger partial charge in [0, 0.05) is 19.2 Å². The molecule has 0 saturated carbocycles. The fourth-order valence-electron chi connectivity index (χ4n) is 2.69. The first-order valence-corrected chi connectivity index (χ1v) is 7.34. The third kappa shape index (κ3) is 5.84. The Kier molecular flexibility index (Phi) is 7.82. The Bertz CT molecular complexity index is 187. The van der Waals surface area contributed by atoms with Gasteiger partial charge in [-0.05, 0) is 64.6 Å². The van der Waals surface area contributed by atoms with Gasteiger partial charge in [0.2, 0.25) is 0 Å². The average molecular weight is 242 g/mol. The molecule has 17 heavy (non-hydrogen) atoms. The van der Waals surface area contributed by atoms with E-state index < -0.39 is 0 Å². The van der Waals surface area contributed by atoms with E-state index in [4.69, 9.17) is 5.11 Å². The summed E-state index contributed by atoms with van der Waals surface area (Å²) in [5.74, 6) is 0.810. The van der Waals surface area contributed by atoms with E-state index >= 15 is 0 Å². The van der Waals surface area contributed by atoms with Crippen LogP contribution in [-0.2, 0) is 0 Å². The van der Waals surface area contributed by atoms with Gasteiger partial charge >= 0.3 is 0 Å². The van der Waals surface area contributed by atoms with Crippen molar-refractivity contribution in [3.63, 3.8) is 0 Å². The van der Waals surface area contributed by atoms with E-state index in [1.54, 1.807) is 0 Å². The first-order chi connectivity index (χ1) is 8.27. The number of hydrogen-bond acceptors (Lipinski definition) is 3. The number of aliphatic hydroxyl groups is 1. The lowest BCUT2D eigenvalue weighted by atomic mass is 9.91. The van der Waals surface area contributed by atoms with E-state index in [1.807, 2.05) is 0 Å². The third-order valence-electron chi connectivity index (χ3n) is 3.85. The summed E-state index contributed by atoms with van der Waals surface area (Å²) in [7, 11) is 0. The Labute approximate surface area is 107 Å². The van der Waals surface area contributed by atoms with Crippen LogP contribution in [0.15, 0.2) is 0 Å². The smallest absolute Gasteiger partial charge is 0.0431 e. The van der Waals surface area contributed by atoms with Gasteiger partial charge in [0.1, 0.15) is 0 Å². The molecule has 1 aliphatic rings. The normalized spacial score (nSPS) is 23.8. The second kappa shape index (κ2) is 8.90. The van der Waals surface area contributed by atoms with Crippen molar-refractivity contribution in [1.29, 1.82) is 0 Å². The molecule has 2 atom stereocenters. The van der Waals surface area contributed by atoms with Crippen molar-refractivity contribution in [2.75, 3.05) is 32.8 Å². The summed E-state index contributed by atoms with van der Waals surface area (Å²) >= 11 is 0. The second-order valence-corrected chi connectivity index (χ2v) is 5.38. The molecule has 1 aliphatic heterocycles. The minimum absolute atomic E-state index is 0.339. The van der Waals surface area contributed by atoms with Crippen LogP contribution in [0.5, 0.6) is 0 Å². The van der Waals surface area contributed by atoms with Crippen molar-refractivity contribution < 1.29 is 5.11 Å². The maximum absolute atomic E-state index is 8.80. The molecule has 0 amide bonds. The molecule has 3 heteroatoms. The minimum atomic E-state index is 0.339. The lowest BCUT2D eigenvalue weighted by molar-refractivity contribution is 0.145. The van der Waals surface area contributed by atoms with Gasteiger partial charge in [0.15, 0.2) is 0 Å². The van der Waals surface area contributed by atoms with E-state index in [0.29, 0.717) is 12.6 Å². The monoisotopic (exact) mass is 242 g/mol. The molecule has 2 N–H and O–H groups in total. The van der Waals surface area contributed by atoms with Crippen molar-refractivity contribution in [2.45, 2.75) is 52.0 Å². The molecule has 1 saturated heterocycles. The molecule has 0 spiro atoms. The van der Waals surface area contributed by atoms with Crippen LogP contribution in [0.25, 0.3) is 0 Å². The molecular weight excluding hydrogens is 212 g/mol. The molecule has 0 bridgehead atoms. The highest BCUT2D eigenvalue weighted by Gasteiger charge is 2.23. The van der Waals surface area contributed by atoms with Gasteiger partial charge in [0.25, 0.3) is 0 Å². The zero-order chi connectivity index (χ0) is 12.5.